The highest BCUT2D eigenvalue weighted by Crippen LogP contribution is 2.34. The van der Waals surface area contributed by atoms with Gasteiger partial charge in [0.1, 0.15) is 11.5 Å². The predicted molar refractivity (Wildman–Crippen MR) is 80.9 cm³/mol. The van der Waals surface area contributed by atoms with Crippen molar-refractivity contribution < 1.29 is 4.42 Å². The maximum atomic E-state index is 5.97. The van der Waals surface area contributed by atoms with Crippen LogP contribution in [0.25, 0.3) is 0 Å². The van der Waals surface area contributed by atoms with E-state index >= 15 is 0 Å². The summed E-state index contributed by atoms with van der Waals surface area (Å²) in [5, 5.41) is 8.42. The van der Waals surface area contributed by atoms with Crippen LogP contribution >= 0.6 is 0 Å². The standard InChI is InChI=1S/C16H24N4O/c1-4-13-8-9-16(21-13)14-7-6-10-19(14)11-15-12(3)17-18-20(15)5-2/h8-9,14H,4-7,10-11H2,1-3H3. The molecule has 0 N–H and O–H groups in total. The van der Waals surface area contributed by atoms with Crippen LogP contribution in [-0.4, -0.2) is 26.4 Å². The van der Waals surface area contributed by atoms with Crippen LogP contribution in [0, 0.1) is 6.92 Å². The Labute approximate surface area is 125 Å². The number of furan rings is 1. The third-order valence-corrected chi connectivity index (χ3v) is 4.41. The van der Waals surface area contributed by atoms with E-state index in [2.05, 4.69) is 41.2 Å². The monoisotopic (exact) mass is 288 g/mol. The van der Waals surface area contributed by atoms with Gasteiger partial charge in [-0.15, -0.1) is 5.10 Å². The van der Waals surface area contributed by atoms with Crippen LogP contribution in [0.4, 0.5) is 0 Å². The van der Waals surface area contributed by atoms with Gasteiger partial charge >= 0.3 is 0 Å². The molecule has 2 aromatic rings. The largest absolute Gasteiger partial charge is 0.464 e. The van der Waals surface area contributed by atoms with E-state index in [4.69, 9.17) is 4.42 Å². The fraction of sp³-hybridized carbons (Fsp3) is 0.625. The van der Waals surface area contributed by atoms with Gasteiger partial charge in [0.05, 0.1) is 17.4 Å². The topological polar surface area (TPSA) is 47.1 Å². The molecule has 3 heterocycles. The molecule has 0 bridgehead atoms. The second-order valence-corrected chi connectivity index (χ2v) is 5.72. The smallest absolute Gasteiger partial charge is 0.121 e. The molecule has 0 amide bonds. The fourth-order valence-corrected chi connectivity index (χ4v) is 3.16. The van der Waals surface area contributed by atoms with E-state index in [9.17, 15) is 0 Å². The normalized spacial score (nSPS) is 19.5. The first-order valence-corrected chi connectivity index (χ1v) is 7.94. The first-order chi connectivity index (χ1) is 10.2. The van der Waals surface area contributed by atoms with Gasteiger partial charge in [0.15, 0.2) is 0 Å². The van der Waals surface area contributed by atoms with Gasteiger partial charge in [-0.25, -0.2) is 4.68 Å². The van der Waals surface area contributed by atoms with Crippen LogP contribution in [0.1, 0.15) is 55.6 Å². The van der Waals surface area contributed by atoms with Gasteiger partial charge in [-0.3, -0.25) is 4.90 Å². The van der Waals surface area contributed by atoms with Gasteiger partial charge in [-0.2, -0.15) is 0 Å². The van der Waals surface area contributed by atoms with Crippen LogP contribution in [0.15, 0.2) is 16.5 Å². The van der Waals surface area contributed by atoms with Crippen molar-refractivity contribution >= 4 is 0 Å². The lowest BCUT2D eigenvalue weighted by Crippen LogP contribution is -2.24. The average molecular weight is 288 g/mol. The van der Waals surface area contributed by atoms with Crippen LogP contribution in [0.5, 0.6) is 0 Å². The Morgan fingerprint density at radius 2 is 2.19 bits per heavy atom. The molecule has 21 heavy (non-hydrogen) atoms. The van der Waals surface area contributed by atoms with E-state index in [1.807, 2.05) is 11.6 Å². The molecule has 1 saturated heterocycles. The van der Waals surface area contributed by atoms with E-state index < -0.39 is 0 Å². The number of nitrogens with zero attached hydrogens (tertiary/aromatic N) is 4. The second-order valence-electron chi connectivity index (χ2n) is 5.72. The van der Waals surface area contributed by atoms with Gasteiger partial charge in [0.2, 0.25) is 0 Å². The number of hydrogen-bond donors (Lipinski definition) is 0. The van der Waals surface area contributed by atoms with Crippen LogP contribution in [0.2, 0.25) is 0 Å². The zero-order chi connectivity index (χ0) is 14.8. The van der Waals surface area contributed by atoms with Crippen molar-refractivity contribution in [3.8, 4) is 0 Å². The van der Waals surface area contributed by atoms with Crippen molar-refractivity contribution in [2.45, 2.75) is 59.2 Å². The van der Waals surface area contributed by atoms with E-state index in [0.717, 1.165) is 43.3 Å². The highest BCUT2D eigenvalue weighted by molar-refractivity contribution is 5.14. The third-order valence-electron chi connectivity index (χ3n) is 4.41. The maximum Gasteiger partial charge on any atom is 0.121 e. The van der Waals surface area contributed by atoms with Crippen LogP contribution in [0.3, 0.4) is 0 Å². The Balaban J connectivity index is 1.79. The zero-order valence-electron chi connectivity index (χ0n) is 13.2. The molecule has 1 unspecified atom stereocenters. The minimum Gasteiger partial charge on any atom is -0.464 e. The van der Waals surface area contributed by atoms with Gasteiger partial charge in [0, 0.05) is 19.5 Å². The van der Waals surface area contributed by atoms with Crippen molar-refractivity contribution in [3.05, 3.63) is 35.0 Å². The third kappa shape index (κ3) is 2.75. The van der Waals surface area contributed by atoms with Gasteiger partial charge in [-0.05, 0) is 45.4 Å². The number of aromatic nitrogens is 3. The van der Waals surface area contributed by atoms with Crippen molar-refractivity contribution in [1.82, 2.24) is 19.9 Å². The highest BCUT2D eigenvalue weighted by atomic mass is 16.3. The summed E-state index contributed by atoms with van der Waals surface area (Å²) in [6.07, 6.45) is 3.35. The van der Waals surface area contributed by atoms with Crippen molar-refractivity contribution in [3.63, 3.8) is 0 Å². The molecule has 1 aliphatic heterocycles. The molecule has 1 aliphatic rings. The Kier molecular flexibility index (Phi) is 4.10. The molecule has 2 aromatic heterocycles. The quantitative estimate of drug-likeness (QED) is 0.848. The highest BCUT2D eigenvalue weighted by Gasteiger charge is 2.29. The molecule has 5 nitrogen and oxygen atoms in total. The van der Waals surface area contributed by atoms with Crippen molar-refractivity contribution in [2.75, 3.05) is 6.54 Å². The fourth-order valence-electron chi connectivity index (χ4n) is 3.16. The average Bonchev–Trinajstić information content (AvgIpc) is 3.20. The number of aryl methyl sites for hydroxylation is 3. The number of hydrogen-bond acceptors (Lipinski definition) is 4. The number of rotatable bonds is 5. The molecule has 0 radical (unpaired) electrons. The minimum absolute atomic E-state index is 0.393. The summed E-state index contributed by atoms with van der Waals surface area (Å²) >= 11 is 0. The Morgan fingerprint density at radius 1 is 1.33 bits per heavy atom. The summed E-state index contributed by atoms with van der Waals surface area (Å²) in [5.41, 5.74) is 2.27. The van der Waals surface area contributed by atoms with E-state index in [1.54, 1.807) is 0 Å². The van der Waals surface area contributed by atoms with Crippen LogP contribution in [-0.2, 0) is 19.5 Å². The minimum atomic E-state index is 0.393. The van der Waals surface area contributed by atoms with E-state index in [0.29, 0.717) is 6.04 Å². The molecule has 0 saturated carbocycles. The van der Waals surface area contributed by atoms with E-state index in [-0.39, 0.29) is 0 Å². The van der Waals surface area contributed by atoms with Gasteiger partial charge < -0.3 is 4.42 Å². The Bertz CT molecular complexity index is 601. The molecule has 1 atom stereocenters. The van der Waals surface area contributed by atoms with Gasteiger partial charge in [0.25, 0.3) is 0 Å². The summed E-state index contributed by atoms with van der Waals surface area (Å²) in [6.45, 7) is 9.17. The number of likely N-dealkylation sites (tertiary alicyclic amines) is 1. The second kappa shape index (κ2) is 6.02. The predicted octanol–water partition coefficient (Wildman–Crippen LogP) is 3.10. The molecule has 114 valence electrons. The lowest BCUT2D eigenvalue weighted by molar-refractivity contribution is 0.212. The van der Waals surface area contributed by atoms with Gasteiger partial charge in [-0.1, -0.05) is 12.1 Å². The molecule has 1 fully saturated rings. The van der Waals surface area contributed by atoms with Crippen molar-refractivity contribution in [1.29, 1.82) is 0 Å². The summed E-state index contributed by atoms with van der Waals surface area (Å²) < 4.78 is 7.98. The zero-order valence-corrected chi connectivity index (χ0v) is 13.2. The Hall–Kier alpha value is -1.62. The molecule has 5 heteroatoms. The lowest BCUT2D eigenvalue weighted by atomic mass is 10.1. The summed E-state index contributed by atoms with van der Waals surface area (Å²) in [5.74, 6) is 2.19. The molecule has 3 rings (SSSR count). The molecule has 0 spiro atoms. The Morgan fingerprint density at radius 3 is 2.90 bits per heavy atom. The lowest BCUT2D eigenvalue weighted by Gasteiger charge is -2.23. The van der Waals surface area contributed by atoms with Crippen LogP contribution < -0.4 is 0 Å². The van der Waals surface area contributed by atoms with Crippen molar-refractivity contribution in [2.24, 2.45) is 0 Å². The maximum absolute atomic E-state index is 5.97. The SMILES string of the molecule is CCc1ccc(C2CCCN2Cc2c(C)nnn2CC)o1. The molecule has 0 aromatic carbocycles. The summed E-state index contributed by atoms with van der Waals surface area (Å²) in [6, 6.07) is 4.64. The van der Waals surface area contributed by atoms with E-state index in [1.165, 1.54) is 18.5 Å². The summed E-state index contributed by atoms with van der Waals surface area (Å²) in [4.78, 5) is 2.50. The summed E-state index contributed by atoms with van der Waals surface area (Å²) in [7, 11) is 0. The first-order valence-electron chi connectivity index (χ1n) is 7.94. The molecular weight excluding hydrogens is 264 g/mol. The first kappa shape index (κ1) is 14.3. The molecule has 0 aliphatic carbocycles. The molecular formula is C16H24N4O.